The van der Waals surface area contributed by atoms with Gasteiger partial charge in [0, 0.05) is 24.5 Å². The number of benzene rings is 1. The zero-order valence-corrected chi connectivity index (χ0v) is 10.3. The van der Waals surface area contributed by atoms with E-state index in [1.807, 2.05) is 24.3 Å². The van der Waals surface area contributed by atoms with Gasteiger partial charge in [0.25, 0.3) is 0 Å². The quantitative estimate of drug-likeness (QED) is 0.749. The highest BCUT2D eigenvalue weighted by Crippen LogP contribution is 2.34. The Balaban J connectivity index is 1.90. The van der Waals surface area contributed by atoms with Crippen LogP contribution in [-0.4, -0.2) is 19.1 Å². The van der Waals surface area contributed by atoms with Crippen LogP contribution in [0.25, 0.3) is 0 Å². The second kappa shape index (κ2) is 5.08. The first-order valence-electron chi connectivity index (χ1n) is 6.04. The summed E-state index contributed by atoms with van der Waals surface area (Å²) in [5.41, 5.74) is 1.90. The van der Waals surface area contributed by atoms with E-state index in [1.165, 1.54) is 12.8 Å². The predicted molar refractivity (Wildman–Crippen MR) is 70.3 cm³/mol. The van der Waals surface area contributed by atoms with Crippen LogP contribution < -0.4 is 16.0 Å². The highest BCUT2D eigenvalue weighted by atomic mass is 16.2. The highest BCUT2D eigenvalue weighted by molar-refractivity contribution is 5.89. The molecule has 0 heterocycles. The number of hydrogen-bond acceptors (Lipinski definition) is 2. The van der Waals surface area contributed by atoms with E-state index in [0.29, 0.717) is 6.04 Å². The van der Waals surface area contributed by atoms with Crippen molar-refractivity contribution in [2.45, 2.75) is 25.8 Å². The van der Waals surface area contributed by atoms with Crippen LogP contribution in [0.5, 0.6) is 0 Å². The Morgan fingerprint density at radius 2 is 1.82 bits per heavy atom. The van der Waals surface area contributed by atoms with E-state index in [2.05, 4.69) is 22.9 Å². The molecule has 0 aromatic heterocycles. The van der Waals surface area contributed by atoms with Gasteiger partial charge in [-0.25, -0.2) is 4.79 Å². The lowest BCUT2D eigenvalue weighted by molar-refractivity contribution is 0.254. The Labute approximate surface area is 102 Å². The van der Waals surface area contributed by atoms with Crippen molar-refractivity contribution in [1.82, 2.24) is 5.32 Å². The number of carbonyl (C=O) groups excluding carboxylic acids is 1. The van der Waals surface area contributed by atoms with Gasteiger partial charge < -0.3 is 16.0 Å². The Kier molecular flexibility index (Phi) is 3.52. The zero-order chi connectivity index (χ0) is 12.3. The molecule has 1 atom stereocenters. The summed E-state index contributed by atoms with van der Waals surface area (Å²) >= 11 is 0. The molecule has 1 fully saturated rings. The fraction of sp³-hybridized carbons (Fsp3) is 0.462. The average molecular weight is 233 g/mol. The number of rotatable bonds is 4. The molecule has 1 aromatic carbocycles. The summed E-state index contributed by atoms with van der Waals surface area (Å²) in [6, 6.07) is 8.12. The first-order valence-corrected chi connectivity index (χ1v) is 6.04. The van der Waals surface area contributed by atoms with Crippen LogP contribution in [0.15, 0.2) is 24.3 Å². The van der Waals surface area contributed by atoms with Crippen molar-refractivity contribution in [2.75, 3.05) is 17.7 Å². The maximum Gasteiger partial charge on any atom is 0.318 e. The molecule has 17 heavy (non-hydrogen) atoms. The van der Waals surface area contributed by atoms with E-state index in [-0.39, 0.29) is 6.03 Å². The number of urea groups is 1. The van der Waals surface area contributed by atoms with E-state index in [0.717, 1.165) is 17.3 Å². The normalized spacial score (nSPS) is 16.1. The lowest BCUT2D eigenvalue weighted by Crippen LogP contribution is -2.24. The third kappa shape index (κ3) is 3.37. The third-order valence-electron chi connectivity index (χ3n) is 3.09. The minimum Gasteiger partial charge on any atom is -0.382 e. The van der Waals surface area contributed by atoms with E-state index in [4.69, 9.17) is 0 Å². The van der Waals surface area contributed by atoms with Gasteiger partial charge in [0.2, 0.25) is 0 Å². The second-order valence-corrected chi connectivity index (χ2v) is 4.55. The molecule has 0 saturated heterocycles. The molecule has 4 heteroatoms. The summed E-state index contributed by atoms with van der Waals surface area (Å²) < 4.78 is 0. The van der Waals surface area contributed by atoms with Gasteiger partial charge in [-0.3, -0.25) is 0 Å². The van der Waals surface area contributed by atoms with Crippen LogP contribution in [0.2, 0.25) is 0 Å². The molecule has 0 bridgehead atoms. The van der Waals surface area contributed by atoms with Crippen molar-refractivity contribution in [3.63, 3.8) is 0 Å². The molecule has 1 saturated carbocycles. The minimum absolute atomic E-state index is 0.197. The van der Waals surface area contributed by atoms with E-state index >= 15 is 0 Å². The summed E-state index contributed by atoms with van der Waals surface area (Å²) in [7, 11) is 1.60. The number of carbonyl (C=O) groups is 1. The van der Waals surface area contributed by atoms with Crippen LogP contribution >= 0.6 is 0 Å². The third-order valence-corrected chi connectivity index (χ3v) is 3.09. The predicted octanol–water partition coefficient (Wildman–Crippen LogP) is 2.65. The van der Waals surface area contributed by atoms with E-state index < -0.39 is 0 Å². The molecule has 1 unspecified atom stereocenters. The van der Waals surface area contributed by atoms with E-state index in [9.17, 15) is 4.79 Å². The molecule has 3 N–H and O–H groups in total. The number of anilines is 2. The largest absolute Gasteiger partial charge is 0.382 e. The smallest absolute Gasteiger partial charge is 0.318 e. The summed E-state index contributed by atoms with van der Waals surface area (Å²) in [6.45, 7) is 2.22. The fourth-order valence-electron chi connectivity index (χ4n) is 1.82. The van der Waals surface area contributed by atoms with Crippen LogP contribution in [0.4, 0.5) is 16.2 Å². The van der Waals surface area contributed by atoms with Gasteiger partial charge in [-0.1, -0.05) is 0 Å². The minimum atomic E-state index is -0.197. The van der Waals surface area contributed by atoms with Crippen molar-refractivity contribution in [3.8, 4) is 0 Å². The summed E-state index contributed by atoms with van der Waals surface area (Å²) in [6.07, 6.45) is 2.68. The van der Waals surface area contributed by atoms with Gasteiger partial charge in [-0.15, -0.1) is 0 Å². The molecular weight excluding hydrogens is 214 g/mol. The molecule has 2 rings (SSSR count). The standard InChI is InChI=1S/C13H19N3O/c1-9(10-3-4-10)15-11-5-7-12(8-6-11)16-13(17)14-2/h5-10,15H,3-4H2,1-2H3,(H2,14,16,17). The topological polar surface area (TPSA) is 53.2 Å². The Morgan fingerprint density at radius 3 is 2.35 bits per heavy atom. The van der Waals surface area contributed by atoms with Gasteiger partial charge in [0.15, 0.2) is 0 Å². The lowest BCUT2D eigenvalue weighted by Gasteiger charge is -2.14. The van der Waals surface area contributed by atoms with Gasteiger partial charge >= 0.3 is 6.03 Å². The van der Waals surface area contributed by atoms with Gasteiger partial charge in [0.05, 0.1) is 0 Å². The SMILES string of the molecule is CNC(=O)Nc1ccc(NC(C)C2CC2)cc1. The maximum atomic E-state index is 11.1. The van der Waals surface area contributed by atoms with Crippen LogP contribution in [0.1, 0.15) is 19.8 Å². The molecule has 0 radical (unpaired) electrons. The number of amides is 2. The van der Waals surface area contributed by atoms with Crippen molar-refractivity contribution in [1.29, 1.82) is 0 Å². The first-order chi connectivity index (χ1) is 8.19. The van der Waals surface area contributed by atoms with Crippen molar-refractivity contribution in [2.24, 2.45) is 5.92 Å². The molecule has 1 aliphatic rings. The van der Waals surface area contributed by atoms with Crippen molar-refractivity contribution >= 4 is 17.4 Å². The maximum absolute atomic E-state index is 11.1. The van der Waals surface area contributed by atoms with Crippen molar-refractivity contribution in [3.05, 3.63) is 24.3 Å². The summed E-state index contributed by atoms with van der Waals surface area (Å²) in [4.78, 5) is 11.1. The highest BCUT2D eigenvalue weighted by Gasteiger charge is 2.27. The molecule has 1 aliphatic carbocycles. The molecule has 92 valence electrons. The molecule has 0 spiro atoms. The summed E-state index contributed by atoms with van der Waals surface area (Å²) in [5.74, 6) is 0.832. The number of hydrogen-bond donors (Lipinski definition) is 3. The van der Waals surface area contributed by atoms with Crippen molar-refractivity contribution < 1.29 is 4.79 Å². The zero-order valence-electron chi connectivity index (χ0n) is 10.3. The van der Waals surface area contributed by atoms with Gasteiger partial charge in [-0.2, -0.15) is 0 Å². The van der Waals surface area contributed by atoms with Gasteiger partial charge in [0.1, 0.15) is 0 Å². The monoisotopic (exact) mass is 233 g/mol. The Hall–Kier alpha value is -1.71. The van der Waals surface area contributed by atoms with Gasteiger partial charge in [-0.05, 0) is 49.9 Å². The molecule has 1 aromatic rings. The fourth-order valence-corrected chi connectivity index (χ4v) is 1.82. The second-order valence-electron chi connectivity index (χ2n) is 4.55. The number of nitrogens with one attached hydrogen (secondary N) is 3. The van der Waals surface area contributed by atoms with Crippen LogP contribution in [0, 0.1) is 5.92 Å². The van der Waals surface area contributed by atoms with E-state index in [1.54, 1.807) is 7.05 Å². The Morgan fingerprint density at radius 1 is 1.24 bits per heavy atom. The molecule has 0 aliphatic heterocycles. The van der Waals surface area contributed by atoms with Crippen LogP contribution in [0.3, 0.4) is 0 Å². The van der Waals surface area contributed by atoms with Crippen LogP contribution in [-0.2, 0) is 0 Å². The summed E-state index contributed by atoms with van der Waals surface area (Å²) in [5, 5.41) is 8.72. The molecule has 2 amide bonds. The lowest BCUT2D eigenvalue weighted by atomic mass is 10.2. The molecule has 4 nitrogen and oxygen atoms in total. The average Bonchev–Trinajstić information content (AvgIpc) is 3.15. The molecular formula is C13H19N3O. The Bertz CT molecular complexity index is 384. The first kappa shape index (κ1) is 11.8.